The molecule has 43 heavy (non-hydrogen) atoms. The van der Waals surface area contributed by atoms with Gasteiger partial charge in [-0.2, -0.15) is 5.10 Å². The maximum atomic E-state index is 13.0. The molecule has 10 nitrogen and oxygen atoms in total. The van der Waals surface area contributed by atoms with Gasteiger partial charge in [0.25, 0.3) is 11.8 Å². The molecule has 2 amide bonds. The highest BCUT2D eigenvalue weighted by Gasteiger charge is 2.22. The summed E-state index contributed by atoms with van der Waals surface area (Å²) in [6, 6.07) is 22.2. The fourth-order valence-electron chi connectivity index (χ4n) is 5.48. The van der Waals surface area contributed by atoms with E-state index in [9.17, 15) is 18.0 Å². The fraction of sp³-hybridized carbons (Fsp3) is 0.312. The number of nitrogens with zero attached hydrogens (tertiary/aromatic N) is 4. The number of anilines is 1. The number of hydrogen-bond donors (Lipinski definition) is 2. The van der Waals surface area contributed by atoms with E-state index >= 15 is 0 Å². The van der Waals surface area contributed by atoms with Crippen molar-refractivity contribution in [3.8, 4) is 22.8 Å². The zero-order valence-corrected chi connectivity index (χ0v) is 24.6. The Hall–Kier alpha value is -4.35. The van der Waals surface area contributed by atoms with Gasteiger partial charge >= 0.3 is 0 Å². The zero-order valence-electron chi connectivity index (χ0n) is 23.8. The summed E-state index contributed by atoms with van der Waals surface area (Å²) in [7, 11) is -2.93. The Bertz CT molecular complexity index is 1710. The van der Waals surface area contributed by atoms with E-state index in [1.807, 2.05) is 71.6 Å². The van der Waals surface area contributed by atoms with Gasteiger partial charge in [-0.05, 0) is 73.4 Å². The quantitative estimate of drug-likeness (QED) is 0.326. The van der Waals surface area contributed by atoms with E-state index < -0.39 is 9.84 Å². The molecule has 2 aliphatic heterocycles. The molecule has 0 spiro atoms. The van der Waals surface area contributed by atoms with Gasteiger partial charge in [-0.3, -0.25) is 19.6 Å². The van der Waals surface area contributed by atoms with Gasteiger partial charge < -0.3 is 10.2 Å². The number of H-pyrrole nitrogens is 1. The van der Waals surface area contributed by atoms with Crippen molar-refractivity contribution in [2.75, 3.05) is 43.0 Å². The van der Waals surface area contributed by atoms with Crippen LogP contribution in [-0.4, -0.2) is 82.9 Å². The lowest BCUT2D eigenvalue weighted by atomic mass is 10.1. The molecule has 11 heteroatoms. The van der Waals surface area contributed by atoms with Crippen LogP contribution in [0.4, 0.5) is 5.69 Å². The second-order valence-corrected chi connectivity index (χ2v) is 13.4. The van der Waals surface area contributed by atoms with Crippen LogP contribution in [0.15, 0.2) is 72.8 Å². The van der Waals surface area contributed by atoms with E-state index in [1.54, 1.807) is 6.07 Å². The fourth-order valence-corrected chi connectivity index (χ4v) is 6.76. The lowest BCUT2D eigenvalue weighted by Crippen LogP contribution is -2.39. The van der Waals surface area contributed by atoms with Crippen molar-refractivity contribution in [3.05, 3.63) is 89.5 Å². The molecule has 0 unspecified atom stereocenters. The summed E-state index contributed by atoms with van der Waals surface area (Å²) >= 11 is 0. The summed E-state index contributed by atoms with van der Waals surface area (Å²) in [5.41, 5.74) is 4.35. The topological polar surface area (TPSA) is 128 Å². The molecule has 0 atom stereocenters. The minimum absolute atomic E-state index is 0.0429. The number of piperidine rings is 1. The van der Waals surface area contributed by atoms with E-state index in [0.29, 0.717) is 48.1 Å². The predicted octanol–water partition coefficient (Wildman–Crippen LogP) is 4.25. The minimum atomic E-state index is -2.93. The number of aromatic nitrogens is 3. The number of benzene rings is 3. The first-order chi connectivity index (χ1) is 20.8. The highest BCUT2D eigenvalue weighted by atomic mass is 32.2. The van der Waals surface area contributed by atoms with E-state index in [-0.39, 0.29) is 23.3 Å². The monoisotopic (exact) mass is 598 g/mol. The van der Waals surface area contributed by atoms with Crippen molar-refractivity contribution in [2.24, 2.45) is 0 Å². The molecular formula is C32H34N6O4S. The third-order valence-corrected chi connectivity index (χ3v) is 9.55. The van der Waals surface area contributed by atoms with Crippen molar-refractivity contribution >= 4 is 27.3 Å². The first kappa shape index (κ1) is 28.8. The average molecular weight is 599 g/mol. The van der Waals surface area contributed by atoms with E-state index in [1.165, 1.54) is 6.42 Å². The van der Waals surface area contributed by atoms with Crippen LogP contribution in [-0.2, 0) is 16.4 Å². The maximum absolute atomic E-state index is 13.0. The van der Waals surface area contributed by atoms with Crippen LogP contribution < -0.4 is 5.32 Å². The molecule has 2 fully saturated rings. The van der Waals surface area contributed by atoms with Crippen LogP contribution in [0.3, 0.4) is 0 Å². The van der Waals surface area contributed by atoms with Crippen LogP contribution in [0.2, 0.25) is 0 Å². The summed E-state index contributed by atoms with van der Waals surface area (Å²) < 4.78 is 23.4. The standard InChI is InChI=1S/C32H34N6O4S/c39-31(26-8-4-6-23(20-26)22-37-16-18-43(41,42)19-17-37)33-28-12-10-24(11-13-28)29-34-30(36-35-29)25-7-5-9-27(21-25)32(40)38-14-2-1-3-15-38/h4-13,20-21H,1-3,14-19,22H2,(H,33,39)(H,34,35,36). The molecule has 3 heterocycles. The van der Waals surface area contributed by atoms with Crippen molar-refractivity contribution < 1.29 is 18.0 Å². The smallest absolute Gasteiger partial charge is 0.255 e. The number of sulfone groups is 1. The highest BCUT2D eigenvalue weighted by Crippen LogP contribution is 2.24. The largest absolute Gasteiger partial charge is 0.339 e. The average Bonchev–Trinajstić information content (AvgIpc) is 3.53. The third kappa shape index (κ3) is 7.00. The highest BCUT2D eigenvalue weighted by molar-refractivity contribution is 7.91. The molecule has 0 aliphatic carbocycles. The van der Waals surface area contributed by atoms with E-state index in [2.05, 4.69) is 25.4 Å². The molecule has 0 radical (unpaired) electrons. The molecule has 1 aromatic heterocycles. The number of hydrogen-bond acceptors (Lipinski definition) is 7. The zero-order chi connectivity index (χ0) is 29.8. The van der Waals surface area contributed by atoms with Crippen LogP contribution in [0.1, 0.15) is 45.5 Å². The van der Waals surface area contributed by atoms with Crippen molar-refractivity contribution in [2.45, 2.75) is 25.8 Å². The summed E-state index contributed by atoms with van der Waals surface area (Å²) in [4.78, 5) is 34.6. The normalized spacial score (nSPS) is 17.0. The lowest BCUT2D eigenvalue weighted by molar-refractivity contribution is 0.0724. The Morgan fingerprint density at radius 2 is 1.53 bits per heavy atom. The summed E-state index contributed by atoms with van der Waals surface area (Å²) in [5, 5.41) is 10.3. The summed E-state index contributed by atoms with van der Waals surface area (Å²) in [6.07, 6.45) is 3.26. The Balaban J connectivity index is 1.08. The van der Waals surface area contributed by atoms with Gasteiger partial charge in [0.05, 0.1) is 11.5 Å². The van der Waals surface area contributed by atoms with Gasteiger partial charge in [0.15, 0.2) is 21.5 Å². The number of nitrogens with one attached hydrogen (secondary N) is 2. The number of carbonyl (C=O) groups excluding carboxylic acids is 2. The first-order valence-corrected chi connectivity index (χ1v) is 16.4. The second kappa shape index (κ2) is 12.5. The Morgan fingerprint density at radius 1 is 0.814 bits per heavy atom. The third-order valence-electron chi connectivity index (χ3n) is 7.95. The Morgan fingerprint density at radius 3 is 2.30 bits per heavy atom. The minimum Gasteiger partial charge on any atom is -0.339 e. The second-order valence-electron chi connectivity index (χ2n) is 11.1. The molecule has 2 aliphatic rings. The van der Waals surface area contributed by atoms with Crippen LogP contribution in [0.5, 0.6) is 0 Å². The lowest BCUT2D eigenvalue weighted by Gasteiger charge is -2.26. The molecule has 2 saturated heterocycles. The number of likely N-dealkylation sites (tertiary alicyclic amines) is 1. The van der Waals surface area contributed by atoms with Crippen LogP contribution in [0.25, 0.3) is 22.8 Å². The number of aromatic amines is 1. The van der Waals surface area contributed by atoms with Gasteiger partial charge in [-0.15, -0.1) is 0 Å². The molecule has 3 aromatic carbocycles. The van der Waals surface area contributed by atoms with Crippen LogP contribution in [0, 0.1) is 0 Å². The summed E-state index contributed by atoms with van der Waals surface area (Å²) in [5.74, 6) is 1.25. The van der Waals surface area contributed by atoms with Crippen molar-refractivity contribution in [1.82, 2.24) is 25.0 Å². The molecular weight excluding hydrogens is 564 g/mol. The van der Waals surface area contributed by atoms with Gasteiger partial charge in [0.1, 0.15) is 0 Å². The number of rotatable bonds is 7. The summed E-state index contributed by atoms with van der Waals surface area (Å²) in [6.45, 7) is 3.20. The number of carbonyl (C=O) groups is 2. The number of amides is 2. The predicted molar refractivity (Wildman–Crippen MR) is 165 cm³/mol. The molecule has 0 saturated carbocycles. The van der Waals surface area contributed by atoms with E-state index in [4.69, 9.17) is 0 Å². The SMILES string of the molecule is O=C(Nc1ccc(-c2nc(-c3cccc(C(=O)N4CCCCC4)c3)n[nH]2)cc1)c1cccc(CN2CCS(=O)(=O)CC2)c1. The molecule has 222 valence electrons. The molecule has 2 N–H and O–H groups in total. The Labute approximate surface area is 251 Å². The van der Waals surface area contributed by atoms with Crippen molar-refractivity contribution in [1.29, 1.82) is 0 Å². The van der Waals surface area contributed by atoms with Crippen molar-refractivity contribution in [3.63, 3.8) is 0 Å². The first-order valence-electron chi connectivity index (χ1n) is 14.6. The molecule has 4 aromatic rings. The van der Waals surface area contributed by atoms with E-state index in [0.717, 1.165) is 42.6 Å². The van der Waals surface area contributed by atoms with Gasteiger partial charge in [-0.25, -0.2) is 13.4 Å². The maximum Gasteiger partial charge on any atom is 0.255 e. The van der Waals surface area contributed by atoms with Crippen LogP contribution >= 0.6 is 0 Å². The molecule has 6 rings (SSSR count). The van der Waals surface area contributed by atoms with Gasteiger partial charge in [0, 0.05) is 60.7 Å². The Kier molecular flexibility index (Phi) is 8.35. The molecule has 0 bridgehead atoms. The van der Waals surface area contributed by atoms with Gasteiger partial charge in [-0.1, -0.05) is 24.3 Å². The van der Waals surface area contributed by atoms with Gasteiger partial charge in [0.2, 0.25) is 0 Å².